The Morgan fingerprint density at radius 3 is 2.52 bits per heavy atom. The summed E-state index contributed by atoms with van der Waals surface area (Å²) < 4.78 is 0. The van der Waals surface area contributed by atoms with Crippen LogP contribution < -0.4 is 15.5 Å². The maximum absolute atomic E-state index is 12.2. The Bertz CT molecular complexity index is 728. The van der Waals surface area contributed by atoms with Crippen molar-refractivity contribution in [3.8, 4) is 0 Å². The number of hydrogen-bond acceptors (Lipinski definition) is 2. The average molecular weight is 337 g/mol. The lowest BCUT2D eigenvalue weighted by atomic mass is 10.1. The zero-order chi connectivity index (χ0) is 17.6. The number of carbonyl (C=O) groups is 2. The van der Waals surface area contributed by atoms with Crippen LogP contribution in [0, 0.1) is 12.8 Å². The first-order valence-electron chi connectivity index (χ1n) is 8.54. The van der Waals surface area contributed by atoms with Crippen molar-refractivity contribution in [2.24, 2.45) is 5.92 Å². The number of amides is 3. The van der Waals surface area contributed by atoms with Crippen molar-refractivity contribution in [3.05, 3.63) is 65.7 Å². The number of carbonyl (C=O) groups excluding carboxylic acids is 2. The summed E-state index contributed by atoms with van der Waals surface area (Å²) in [7, 11) is 0. The summed E-state index contributed by atoms with van der Waals surface area (Å²) in [4.78, 5) is 25.9. The van der Waals surface area contributed by atoms with Gasteiger partial charge in [-0.2, -0.15) is 0 Å². The minimum Gasteiger partial charge on any atom is -0.338 e. The highest BCUT2D eigenvalue weighted by atomic mass is 16.2. The monoisotopic (exact) mass is 337 g/mol. The zero-order valence-electron chi connectivity index (χ0n) is 14.4. The fraction of sp³-hybridized carbons (Fsp3) is 0.300. The van der Waals surface area contributed by atoms with E-state index >= 15 is 0 Å². The molecule has 1 atom stereocenters. The molecule has 5 heteroatoms. The van der Waals surface area contributed by atoms with Crippen LogP contribution in [-0.4, -0.2) is 25.0 Å². The molecule has 3 rings (SSSR count). The van der Waals surface area contributed by atoms with E-state index in [1.807, 2.05) is 61.5 Å². The number of aryl methyl sites for hydroxylation is 1. The van der Waals surface area contributed by atoms with Gasteiger partial charge in [-0.3, -0.25) is 4.79 Å². The van der Waals surface area contributed by atoms with E-state index in [0.29, 0.717) is 26.1 Å². The van der Waals surface area contributed by atoms with E-state index in [-0.39, 0.29) is 17.9 Å². The summed E-state index contributed by atoms with van der Waals surface area (Å²) in [6.07, 6.45) is 0.465. The molecule has 0 aliphatic carbocycles. The standard InChI is InChI=1S/C20H23N3O2/c1-15-7-9-18(10-8-15)23-14-17(11-19(23)24)13-22-20(25)21-12-16-5-3-2-4-6-16/h2-10,17H,11-14H2,1H3,(H2,21,22,25)/t17-/m1/s1. The first-order valence-corrected chi connectivity index (χ1v) is 8.54. The maximum Gasteiger partial charge on any atom is 0.315 e. The van der Waals surface area contributed by atoms with Gasteiger partial charge in [0, 0.05) is 37.7 Å². The highest BCUT2D eigenvalue weighted by Crippen LogP contribution is 2.24. The Morgan fingerprint density at radius 2 is 1.80 bits per heavy atom. The molecule has 0 aromatic heterocycles. The van der Waals surface area contributed by atoms with Gasteiger partial charge < -0.3 is 15.5 Å². The Balaban J connectivity index is 1.45. The molecule has 0 bridgehead atoms. The minimum absolute atomic E-state index is 0.111. The fourth-order valence-electron chi connectivity index (χ4n) is 2.97. The van der Waals surface area contributed by atoms with Crippen LogP contribution in [-0.2, 0) is 11.3 Å². The second-order valence-corrected chi connectivity index (χ2v) is 6.46. The maximum atomic E-state index is 12.2. The number of hydrogen-bond donors (Lipinski definition) is 2. The highest BCUT2D eigenvalue weighted by Gasteiger charge is 2.30. The lowest BCUT2D eigenvalue weighted by molar-refractivity contribution is -0.117. The van der Waals surface area contributed by atoms with Crippen LogP contribution in [0.1, 0.15) is 17.5 Å². The molecule has 0 spiro atoms. The van der Waals surface area contributed by atoms with Crippen LogP contribution in [0.2, 0.25) is 0 Å². The Morgan fingerprint density at radius 1 is 1.08 bits per heavy atom. The topological polar surface area (TPSA) is 61.4 Å². The molecule has 1 fully saturated rings. The van der Waals surface area contributed by atoms with Crippen LogP contribution in [0.5, 0.6) is 0 Å². The molecular weight excluding hydrogens is 314 g/mol. The second kappa shape index (κ2) is 7.83. The smallest absolute Gasteiger partial charge is 0.315 e. The third-order valence-electron chi connectivity index (χ3n) is 4.40. The van der Waals surface area contributed by atoms with Gasteiger partial charge in [-0.25, -0.2) is 4.79 Å². The minimum atomic E-state index is -0.204. The van der Waals surface area contributed by atoms with E-state index in [2.05, 4.69) is 10.6 Å². The van der Waals surface area contributed by atoms with Gasteiger partial charge in [-0.05, 0) is 24.6 Å². The first-order chi connectivity index (χ1) is 12.1. The molecular formula is C20H23N3O2. The number of rotatable bonds is 5. The summed E-state index contributed by atoms with van der Waals surface area (Å²) in [5.74, 6) is 0.247. The zero-order valence-corrected chi connectivity index (χ0v) is 14.4. The van der Waals surface area contributed by atoms with E-state index in [0.717, 1.165) is 11.3 Å². The summed E-state index contributed by atoms with van der Waals surface area (Å²) in [5, 5.41) is 5.70. The van der Waals surface area contributed by atoms with Crippen molar-refractivity contribution in [2.75, 3.05) is 18.0 Å². The molecule has 1 heterocycles. The summed E-state index contributed by atoms with van der Waals surface area (Å²) in [6.45, 7) is 3.65. The van der Waals surface area contributed by atoms with Crippen molar-refractivity contribution in [2.45, 2.75) is 19.9 Å². The van der Waals surface area contributed by atoms with Crippen molar-refractivity contribution in [3.63, 3.8) is 0 Å². The Labute approximate surface area is 148 Å². The van der Waals surface area contributed by atoms with Gasteiger partial charge in [-0.15, -0.1) is 0 Å². The van der Waals surface area contributed by atoms with E-state index in [9.17, 15) is 9.59 Å². The third-order valence-corrected chi connectivity index (χ3v) is 4.40. The molecule has 2 N–H and O–H groups in total. The van der Waals surface area contributed by atoms with Gasteiger partial charge in [0.25, 0.3) is 0 Å². The molecule has 25 heavy (non-hydrogen) atoms. The number of nitrogens with zero attached hydrogens (tertiary/aromatic N) is 1. The molecule has 1 aliphatic rings. The molecule has 5 nitrogen and oxygen atoms in total. The number of urea groups is 1. The molecule has 0 radical (unpaired) electrons. The predicted molar refractivity (Wildman–Crippen MR) is 98.3 cm³/mol. The first kappa shape index (κ1) is 17.0. The Hall–Kier alpha value is -2.82. The summed E-state index contributed by atoms with van der Waals surface area (Å²) in [5.41, 5.74) is 3.15. The molecule has 0 unspecified atom stereocenters. The quantitative estimate of drug-likeness (QED) is 0.881. The fourth-order valence-corrected chi connectivity index (χ4v) is 2.97. The molecule has 3 amide bonds. The molecule has 0 saturated carbocycles. The number of nitrogens with one attached hydrogen (secondary N) is 2. The molecule has 1 saturated heterocycles. The van der Waals surface area contributed by atoms with Crippen molar-refractivity contribution in [1.29, 1.82) is 0 Å². The van der Waals surface area contributed by atoms with E-state index in [4.69, 9.17) is 0 Å². The largest absolute Gasteiger partial charge is 0.338 e. The summed E-state index contributed by atoms with van der Waals surface area (Å²) in [6, 6.07) is 17.5. The van der Waals surface area contributed by atoms with Gasteiger partial charge in [0.2, 0.25) is 5.91 Å². The van der Waals surface area contributed by atoms with Crippen molar-refractivity contribution < 1.29 is 9.59 Å². The lowest BCUT2D eigenvalue weighted by Gasteiger charge is -2.17. The van der Waals surface area contributed by atoms with Gasteiger partial charge >= 0.3 is 6.03 Å². The van der Waals surface area contributed by atoms with Crippen LogP contribution in [0.25, 0.3) is 0 Å². The van der Waals surface area contributed by atoms with Crippen LogP contribution in [0.15, 0.2) is 54.6 Å². The average Bonchev–Trinajstić information content (AvgIpc) is 3.00. The van der Waals surface area contributed by atoms with Gasteiger partial charge in [-0.1, -0.05) is 48.0 Å². The van der Waals surface area contributed by atoms with Crippen molar-refractivity contribution in [1.82, 2.24) is 10.6 Å². The van der Waals surface area contributed by atoms with E-state index in [1.54, 1.807) is 4.90 Å². The summed E-state index contributed by atoms with van der Waals surface area (Å²) >= 11 is 0. The lowest BCUT2D eigenvalue weighted by Crippen LogP contribution is -2.38. The van der Waals surface area contributed by atoms with Crippen LogP contribution >= 0.6 is 0 Å². The van der Waals surface area contributed by atoms with E-state index in [1.165, 1.54) is 5.56 Å². The molecule has 2 aromatic rings. The van der Waals surface area contributed by atoms with Gasteiger partial charge in [0.05, 0.1) is 0 Å². The van der Waals surface area contributed by atoms with Crippen LogP contribution in [0.4, 0.5) is 10.5 Å². The van der Waals surface area contributed by atoms with Gasteiger partial charge in [0.1, 0.15) is 0 Å². The predicted octanol–water partition coefficient (Wildman–Crippen LogP) is 2.85. The molecule has 2 aromatic carbocycles. The highest BCUT2D eigenvalue weighted by molar-refractivity contribution is 5.95. The number of benzene rings is 2. The van der Waals surface area contributed by atoms with Crippen LogP contribution in [0.3, 0.4) is 0 Å². The van der Waals surface area contributed by atoms with Gasteiger partial charge in [0.15, 0.2) is 0 Å². The van der Waals surface area contributed by atoms with Crippen molar-refractivity contribution >= 4 is 17.6 Å². The molecule has 1 aliphatic heterocycles. The SMILES string of the molecule is Cc1ccc(N2C[C@@H](CNC(=O)NCc3ccccc3)CC2=O)cc1. The Kier molecular flexibility index (Phi) is 5.33. The normalized spacial score (nSPS) is 16.8. The van der Waals surface area contributed by atoms with E-state index < -0.39 is 0 Å². The third kappa shape index (κ3) is 4.59. The molecule has 130 valence electrons. The number of anilines is 1. The second-order valence-electron chi connectivity index (χ2n) is 6.46.